The van der Waals surface area contributed by atoms with Gasteiger partial charge >= 0.3 is 0 Å². The third-order valence-electron chi connectivity index (χ3n) is 3.30. The van der Waals surface area contributed by atoms with Crippen molar-refractivity contribution in [2.24, 2.45) is 5.92 Å². The van der Waals surface area contributed by atoms with Crippen LogP contribution in [0.1, 0.15) is 25.7 Å². The van der Waals surface area contributed by atoms with Gasteiger partial charge in [0.25, 0.3) is 0 Å². The summed E-state index contributed by atoms with van der Waals surface area (Å²) in [5.74, 6) is -0.185. The van der Waals surface area contributed by atoms with Gasteiger partial charge in [0, 0.05) is 32.0 Å². The van der Waals surface area contributed by atoms with Gasteiger partial charge < -0.3 is 15.3 Å². The van der Waals surface area contributed by atoms with Crippen molar-refractivity contribution in [3.8, 4) is 0 Å². The Morgan fingerprint density at radius 2 is 2.25 bits per heavy atom. The zero-order chi connectivity index (χ0) is 11.5. The number of aliphatic hydroxyl groups excluding tert-OH is 1. The number of nitrogens with one attached hydrogen (secondary N) is 1. The smallest absolute Gasteiger partial charge is 0.226 e. The van der Waals surface area contributed by atoms with E-state index >= 15 is 0 Å². The average Bonchev–Trinajstić information content (AvgIpc) is 2.28. The largest absolute Gasteiger partial charge is 0.391 e. The maximum Gasteiger partial charge on any atom is 0.226 e. The van der Waals surface area contributed by atoms with E-state index in [9.17, 15) is 14.7 Å². The van der Waals surface area contributed by atoms with Gasteiger partial charge in [-0.2, -0.15) is 0 Å². The molecule has 0 aromatic rings. The lowest BCUT2D eigenvalue weighted by molar-refractivity contribution is -0.142. The third kappa shape index (κ3) is 2.52. The Morgan fingerprint density at radius 1 is 1.44 bits per heavy atom. The Labute approximate surface area is 94.8 Å². The average molecular weight is 226 g/mol. The molecule has 2 unspecified atom stereocenters. The summed E-state index contributed by atoms with van der Waals surface area (Å²) in [5, 5.41) is 12.2. The number of piperidine rings is 2. The molecule has 2 heterocycles. The van der Waals surface area contributed by atoms with E-state index in [0.29, 0.717) is 26.1 Å². The van der Waals surface area contributed by atoms with E-state index < -0.39 is 6.10 Å². The maximum atomic E-state index is 12.1. The molecule has 2 aliphatic heterocycles. The van der Waals surface area contributed by atoms with Crippen LogP contribution in [0.4, 0.5) is 0 Å². The molecule has 2 saturated heterocycles. The Bertz CT molecular complexity index is 293. The molecule has 90 valence electrons. The van der Waals surface area contributed by atoms with E-state index in [2.05, 4.69) is 5.32 Å². The number of aliphatic hydroxyl groups is 1. The quantitative estimate of drug-likeness (QED) is 0.633. The first-order chi connectivity index (χ1) is 7.66. The van der Waals surface area contributed by atoms with E-state index in [4.69, 9.17) is 0 Å². The van der Waals surface area contributed by atoms with Crippen LogP contribution in [0.15, 0.2) is 0 Å². The standard InChI is InChI=1S/C11H18N2O3/c14-9-2-1-5-13(7-9)11(16)8-3-4-12-10(15)6-8/h8-9,14H,1-7H2,(H,12,15). The summed E-state index contributed by atoms with van der Waals surface area (Å²) in [6.07, 6.45) is 2.25. The number of rotatable bonds is 1. The van der Waals surface area contributed by atoms with Crippen molar-refractivity contribution in [1.82, 2.24) is 10.2 Å². The number of carbonyl (C=O) groups excluding carboxylic acids is 2. The SMILES string of the molecule is O=C1CC(C(=O)N2CCCC(O)C2)CCN1. The Morgan fingerprint density at radius 3 is 2.94 bits per heavy atom. The number of amides is 2. The molecule has 0 radical (unpaired) electrons. The first-order valence-electron chi connectivity index (χ1n) is 5.90. The molecule has 5 heteroatoms. The second kappa shape index (κ2) is 4.82. The van der Waals surface area contributed by atoms with E-state index in [1.165, 1.54) is 0 Å². The van der Waals surface area contributed by atoms with Gasteiger partial charge in [0.15, 0.2) is 0 Å². The van der Waals surface area contributed by atoms with E-state index in [1.54, 1.807) is 4.90 Å². The molecule has 0 spiro atoms. The summed E-state index contributed by atoms with van der Waals surface area (Å²) >= 11 is 0. The molecule has 2 rings (SSSR count). The van der Waals surface area contributed by atoms with Gasteiger partial charge in [-0.05, 0) is 19.3 Å². The van der Waals surface area contributed by atoms with Gasteiger partial charge in [0.1, 0.15) is 0 Å². The first kappa shape index (κ1) is 11.4. The summed E-state index contributed by atoms with van der Waals surface area (Å²) in [7, 11) is 0. The van der Waals surface area contributed by atoms with Crippen molar-refractivity contribution >= 4 is 11.8 Å². The molecule has 0 aromatic heterocycles. The minimum absolute atomic E-state index is 0.0357. The molecule has 0 aromatic carbocycles. The van der Waals surface area contributed by atoms with Crippen LogP contribution in [0, 0.1) is 5.92 Å². The number of likely N-dealkylation sites (tertiary alicyclic amines) is 1. The number of hydrogen-bond acceptors (Lipinski definition) is 3. The number of nitrogens with zero attached hydrogens (tertiary/aromatic N) is 1. The van der Waals surface area contributed by atoms with E-state index in [1.807, 2.05) is 0 Å². The molecule has 2 N–H and O–H groups in total. The van der Waals surface area contributed by atoms with Crippen LogP contribution in [0.2, 0.25) is 0 Å². The van der Waals surface area contributed by atoms with Gasteiger partial charge in [0.2, 0.25) is 11.8 Å². The number of carbonyl (C=O) groups is 2. The zero-order valence-electron chi connectivity index (χ0n) is 9.32. The second-order valence-corrected chi connectivity index (χ2v) is 4.62. The highest BCUT2D eigenvalue weighted by atomic mass is 16.3. The summed E-state index contributed by atoms with van der Waals surface area (Å²) in [6, 6.07) is 0. The molecule has 2 atom stereocenters. The van der Waals surface area contributed by atoms with Crippen LogP contribution in [0.3, 0.4) is 0 Å². The van der Waals surface area contributed by atoms with Crippen LogP contribution in [-0.4, -0.2) is 47.6 Å². The lowest BCUT2D eigenvalue weighted by Crippen LogP contribution is -2.47. The third-order valence-corrected chi connectivity index (χ3v) is 3.30. The van der Waals surface area contributed by atoms with Crippen molar-refractivity contribution in [2.45, 2.75) is 31.8 Å². The maximum absolute atomic E-state index is 12.1. The lowest BCUT2D eigenvalue weighted by atomic mass is 9.95. The summed E-state index contributed by atoms with van der Waals surface area (Å²) < 4.78 is 0. The van der Waals surface area contributed by atoms with Gasteiger partial charge in [-0.15, -0.1) is 0 Å². The monoisotopic (exact) mass is 226 g/mol. The molecule has 0 aliphatic carbocycles. The van der Waals surface area contributed by atoms with E-state index in [-0.39, 0.29) is 17.7 Å². The fourth-order valence-corrected chi connectivity index (χ4v) is 2.41. The van der Waals surface area contributed by atoms with Crippen molar-refractivity contribution in [3.63, 3.8) is 0 Å². The molecular weight excluding hydrogens is 208 g/mol. The molecule has 0 saturated carbocycles. The topological polar surface area (TPSA) is 69.6 Å². The molecular formula is C11H18N2O3. The summed E-state index contributed by atoms with van der Waals surface area (Å²) in [4.78, 5) is 25.0. The summed E-state index contributed by atoms with van der Waals surface area (Å²) in [6.45, 7) is 1.73. The fraction of sp³-hybridized carbons (Fsp3) is 0.818. The molecule has 2 fully saturated rings. The van der Waals surface area contributed by atoms with Crippen LogP contribution in [0.5, 0.6) is 0 Å². The molecule has 0 bridgehead atoms. The fourth-order valence-electron chi connectivity index (χ4n) is 2.41. The Balaban J connectivity index is 1.92. The normalized spacial score (nSPS) is 31.1. The second-order valence-electron chi connectivity index (χ2n) is 4.62. The van der Waals surface area contributed by atoms with E-state index in [0.717, 1.165) is 19.3 Å². The Hall–Kier alpha value is -1.10. The number of β-amino-alcohol motifs (C(OH)–C–C–N with tert-alkyl or cyclic N) is 1. The number of hydrogen-bond donors (Lipinski definition) is 2. The molecule has 5 nitrogen and oxygen atoms in total. The minimum atomic E-state index is -0.393. The van der Waals surface area contributed by atoms with Crippen molar-refractivity contribution in [2.75, 3.05) is 19.6 Å². The van der Waals surface area contributed by atoms with Crippen LogP contribution < -0.4 is 5.32 Å². The van der Waals surface area contributed by atoms with Crippen molar-refractivity contribution < 1.29 is 14.7 Å². The van der Waals surface area contributed by atoms with Gasteiger partial charge in [-0.25, -0.2) is 0 Å². The first-order valence-corrected chi connectivity index (χ1v) is 5.90. The highest BCUT2D eigenvalue weighted by Crippen LogP contribution is 2.19. The predicted molar refractivity (Wildman–Crippen MR) is 57.6 cm³/mol. The van der Waals surface area contributed by atoms with Crippen molar-refractivity contribution in [1.29, 1.82) is 0 Å². The van der Waals surface area contributed by atoms with Crippen LogP contribution in [0.25, 0.3) is 0 Å². The summed E-state index contributed by atoms with van der Waals surface area (Å²) in [5.41, 5.74) is 0. The van der Waals surface area contributed by atoms with Crippen molar-refractivity contribution in [3.05, 3.63) is 0 Å². The molecule has 2 amide bonds. The van der Waals surface area contributed by atoms with Gasteiger partial charge in [-0.3, -0.25) is 9.59 Å². The predicted octanol–water partition coefficient (Wildman–Crippen LogP) is -0.504. The zero-order valence-corrected chi connectivity index (χ0v) is 9.32. The lowest BCUT2D eigenvalue weighted by Gasteiger charge is -2.33. The highest BCUT2D eigenvalue weighted by Gasteiger charge is 2.31. The minimum Gasteiger partial charge on any atom is -0.391 e. The van der Waals surface area contributed by atoms with Gasteiger partial charge in [-0.1, -0.05) is 0 Å². The Kier molecular flexibility index (Phi) is 3.43. The molecule has 2 aliphatic rings. The van der Waals surface area contributed by atoms with Crippen LogP contribution in [-0.2, 0) is 9.59 Å². The molecule has 16 heavy (non-hydrogen) atoms. The highest BCUT2D eigenvalue weighted by molar-refractivity contribution is 5.87. The van der Waals surface area contributed by atoms with Gasteiger partial charge in [0.05, 0.1) is 6.10 Å². The van der Waals surface area contributed by atoms with Crippen LogP contribution >= 0.6 is 0 Å².